The van der Waals surface area contributed by atoms with Crippen molar-refractivity contribution in [3.8, 4) is 0 Å². The van der Waals surface area contributed by atoms with E-state index in [2.05, 4.69) is 10.3 Å². The van der Waals surface area contributed by atoms with Gasteiger partial charge in [0.15, 0.2) is 0 Å². The molecular weight excluding hydrogens is 208 g/mol. The molecule has 2 heterocycles. The van der Waals surface area contributed by atoms with Crippen LogP contribution in [0.5, 0.6) is 0 Å². The number of rotatable bonds is 2. The molecule has 0 aliphatic carbocycles. The molecular formula is C11H14N2OS. The molecule has 0 radical (unpaired) electrons. The third kappa shape index (κ3) is 2.72. The van der Waals surface area contributed by atoms with Crippen molar-refractivity contribution >= 4 is 17.7 Å². The molecule has 1 N–H and O–H groups in total. The zero-order chi connectivity index (χ0) is 10.7. The molecule has 80 valence electrons. The SMILES string of the molecule is Cc1ccc(C(=O)N[C@@H]2CCSC2)cn1. The van der Waals surface area contributed by atoms with Gasteiger partial charge in [-0.15, -0.1) is 0 Å². The predicted molar refractivity (Wildman–Crippen MR) is 62.2 cm³/mol. The molecule has 1 aromatic rings. The van der Waals surface area contributed by atoms with Crippen molar-refractivity contribution in [3.63, 3.8) is 0 Å². The smallest absolute Gasteiger partial charge is 0.253 e. The third-order valence-electron chi connectivity index (χ3n) is 2.44. The van der Waals surface area contributed by atoms with Crippen LogP contribution in [0.3, 0.4) is 0 Å². The van der Waals surface area contributed by atoms with Crippen molar-refractivity contribution in [1.29, 1.82) is 0 Å². The number of thioether (sulfide) groups is 1. The molecule has 1 amide bonds. The van der Waals surface area contributed by atoms with E-state index in [-0.39, 0.29) is 5.91 Å². The van der Waals surface area contributed by atoms with Crippen molar-refractivity contribution in [3.05, 3.63) is 29.6 Å². The fourth-order valence-electron chi connectivity index (χ4n) is 1.52. The maximum absolute atomic E-state index is 11.8. The highest BCUT2D eigenvalue weighted by atomic mass is 32.2. The molecule has 0 spiro atoms. The van der Waals surface area contributed by atoms with Gasteiger partial charge >= 0.3 is 0 Å². The van der Waals surface area contributed by atoms with Gasteiger partial charge in [0, 0.05) is 23.7 Å². The van der Waals surface area contributed by atoms with Crippen molar-refractivity contribution in [2.45, 2.75) is 19.4 Å². The Kier molecular flexibility index (Phi) is 3.26. The van der Waals surface area contributed by atoms with E-state index in [1.165, 1.54) is 0 Å². The lowest BCUT2D eigenvalue weighted by Gasteiger charge is -2.10. The van der Waals surface area contributed by atoms with Crippen LogP contribution in [0.25, 0.3) is 0 Å². The Bertz CT molecular complexity index is 344. The van der Waals surface area contributed by atoms with Crippen molar-refractivity contribution < 1.29 is 4.79 Å². The summed E-state index contributed by atoms with van der Waals surface area (Å²) in [5.41, 5.74) is 1.58. The summed E-state index contributed by atoms with van der Waals surface area (Å²) >= 11 is 1.89. The summed E-state index contributed by atoms with van der Waals surface area (Å²) in [6.45, 7) is 1.91. The van der Waals surface area contributed by atoms with Gasteiger partial charge in [-0.1, -0.05) is 0 Å². The Morgan fingerprint density at radius 3 is 3.07 bits per heavy atom. The van der Waals surface area contributed by atoms with E-state index in [0.717, 1.165) is 23.6 Å². The van der Waals surface area contributed by atoms with Gasteiger partial charge in [-0.3, -0.25) is 9.78 Å². The van der Waals surface area contributed by atoms with E-state index in [9.17, 15) is 4.79 Å². The number of nitrogens with zero attached hydrogens (tertiary/aromatic N) is 1. The molecule has 1 aliphatic rings. The molecule has 0 bridgehead atoms. The topological polar surface area (TPSA) is 42.0 Å². The van der Waals surface area contributed by atoms with Crippen LogP contribution in [0.1, 0.15) is 22.5 Å². The Morgan fingerprint density at radius 1 is 1.60 bits per heavy atom. The maximum Gasteiger partial charge on any atom is 0.253 e. The highest BCUT2D eigenvalue weighted by molar-refractivity contribution is 7.99. The lowest BCUT2D eigenvalue weighted by Crippen LogP contribution is -2.34. The molecule has 0 saturated carbocycles. The molecule has 2 rings (SSSR count). The Balaban J connectivity index is 1.98. The molecule has 1 fully saturated rings. The maximum atomic E-state index is 11.8. The number of pyridine rings is 1. The van der Waals surface area contributed by atoms with Gasteiger partial charge in [0.2, 0.25) is 0 Å². The van der Waals surface area contributed by atoms with E-state index in [1.807, 2.05) is 30.8 Å². The Morgan fingerprint density at radius 2 is 2.47 bits per heavy atom. The van der Waals surface area contributed by atoms with E-state index in [4.69, 9.17) is 0 Å². The van der Waals surface area contributed by atoms with Crippen molar-refractivity contribution in [1.82, 2.24) is 10.3 Å². The molecule has 0 aromatic carbocycles. The van der Waals surface area contributed by atoms with Crippen molar-refractivity contribution in [2.24, 2.45) is 0 Å². The van der Waals surface area contributed by atoms with Gasteiger partial charge < -0.3 is 5.32 Å². The number of hydrogen-bond acceptors (Lipinski definition) is 3. The minimum absolute atomic E-state index is 0.00463. The van der Waals surface area contributed by atoms with Crippen LogP contribution in [0, 0.1) is 6.92 Å². The number of carbonyl (C=O) groups is 1. The highest BCUT2D eigenvalue weighted by Gasteiger charge is 2.18. The van der Waals surface area contributed by atoms with Crippen LogP contribution in [0.2, 0.25) is 0 Å². The predicted octanol–water partition coefficient (Wildman–Crippen LogP) is 1.63. The average Bonchev–Trinajstić information content (AvgIpc) is 2.71. The summed E-state index contributed by atoms with van der Waals surface area (Å²) in [5, 5.41) is 3.01. The van der Waals surface area contributed by atoms with Gasteiger partial charge in [0.25, 0.3) is 5.91 Å². The highest BCUT2D eigenvalue weighted by Crippen LogP contribution is 2.17. The van der Waals surface area contributed by atoms with Gasteiger partial charge in [-0.25, -0.2) is 0 Å². The molecule has 4 heteroatoms. The second kappa shape index (κ2) is 4.66. The third-order valence-corrected chi connectivity index (χ3v) is 3.60. The number of aromatic nitrogens is 1. The largest absolute Gasteiger partial charge is 0.348 e. The van der Waals surface area contributed by atoms with Gasteiger partial charge in [0.05, 0.1) is 5.56 Å². The van der Waals surface area contributed by atoms with Crippen LogP contribution in [-0.4, -0.2) is 28.4 Å². The first-order valence-corrected chi connectivity index (χ1v) is 6.22. The second-order valence-electron chi connectivity index (χ2n) is 3.72. The average molecular weight is 222 g/mol. The fourth-order valence-corrected chi connectivity index (χ4v) is 2.67. The molecule has 1 atom stereocenters. The minimum Gasteiger partial charge on any atom is -0.348 e. The lowest BCUT2D eigenvalue weighted by atomic mass is 10.2. The summed E-state index contributed by atoms with van der Waals surface area (Å²) in [7, 11) is 0. The molecule has 1 saturated heterocycles. The second-order valence-corrected chi connectivity index (χ2v) is 4.87. The summed E-state index contributed by atoms with van der Waals surface area (Å²) in [6, 6.07) is 4.02. The summed E-state index contributed by atoms with van der Waals surface area (Å²) in [6.07, 6.45) is 2.71. The first-order valence-electron chi connectivity index (χ1n) is 5.07. The van der Waals surface area contributed by atoms with E-state index in [1.54, 1.807) is 6.20 Å². The van der Waals surface area contributed by atoms with Crippen molar-refractivity contribution in [2.75, 3.05) is 11.5 Å². The van der Waals surface area contributed by atoms with Crippen LogP contribution in [0.15, 0.2) is 18.3 Å². The van der Waals surface area contributed by atoms with E-state index < -0.39 is 0 Å². The summed E-state index contributed by atoms with van der Waals surface area (Å²) in [5.74, 6) is 2.18. The molecule has 3 nitrogen and oxygen atoms in total. The molecule has 15 heavy (non-hydrogen) atoms. The summed E-state index contributed by atoms with van der Waals surface area (Å²) in [4.78, 5) is 15.9. The van der Waals surface area contributed by atoms with Gasteiger partial charge in [-0.05, 0) is 31.2 Å². The zero-order valence-corrected chi connectivity index (χ0v) is 9.51. The number of carbonyl (C=O) groups excluding carboxylic acids is 1. The van der Waals surface area contributed by atoms with Crippen LogP contribution in [-0.2, 0) is 0 Å². The quantitative estimate of drug-likeness (QED) is 0.827. The fraction of sp³-hybridized carbons (Fsp3) is 0.455. The number of nitrogens with one attached hydrogen (secondary N) is 1. The minimum atomic E-state index is -0.00463. The molecule has 1 aliphatic heterocycles. The van der Waals surface area contributed by atoms with Gasteiger partial charge in [-0.2, -0.15) is 11.8 Å². The molecule has 1 aromatic heterocycles. The Labute approximate surface area is 93.7 Å². The van der Waals surface area contributed by atoms with E-state index >= 15 is 0 Å². The number of hydrogen-bond donors (Lipinski definition) is 1. The van der Waals surface area contributed by atoms with E-state index in [0.29, 0.717) is 11.6 Å². The zero-order valence-electron chi connectivity index (χ0n) is 8.69. The normalized spacial score (nSPS) is 20.2. The Hall–Kier alpha value is -1.03. The van der Waals surface area contributed by atoms with Crippen LogP contribution in [0.4, 0.5) is 0 Å². The summed E-state index contributed by atoms with van der Waals surface area (Å²) < 4.78 is 0. The number of amides is 1. The van der Waals surface area contributed by atoms with Gasteiger partial charge in [0.1, 0.15) is 0 Å². The number of aryl methyl sites for hydroxylation is 1. The standard InChI is InChI=1S/C11H14N2OS/c1-8-2-3-9(6-12-8)11(14)13-10-4-5-15-7-10/h2-3,6,10H,4-5,7H2,1H3,(H,13,14)/t10-/m1/s1. The van der Waals surface area contributed by atoms with Crippen LogP contribution < -0.4 is 5.32 Å². The molecule has 0 unspecified atom stereocenters. The first-order chi connectivity index (χ1) is 7.25. The first kappa shape index (κ1) is 10.5. The monoisotopic (exact) mass is 222 g/mol. The lowest BCUT2D eigenvalue weighted by molar-refractivity contribution is 0.0941. The van der Waals surface area contributed by atoms with Crippen LogP contribution >= 0.6 is 11.8 Å².